The lowest BCUT2D eigenvalue weighted by atomic mass is 10.1. The molecule has 0 spiro atoms. The Balaban J connectivity index is 2.11. The van der Waals surface area contributed by atoms with E-state index in [1.54, 1.807) is 4.68 Å². The maximum Gasteiger partial charge on any atom is 0.325 e. The molecule has 0 saturated heterocycles. The zero-order valence-corrected chi connectivity index (χ0v) is 17.3. The summed E-state index contributed by atoms with van der Waals surface area (Å²) in [6.07, 6.45) is 8.36. The Labute approximate surface area is 157 Å². The van der Waals surface area contributed by atoms with E-state index in [0.717, 1.165) is 47.5 Å². The smallest absolute Gasteiger partial charge is 0.256 e. The molecular weight excluding hydrogens is 373 g/mol. The lowest BCUT2D eigenvalue weighted by Crippen LogP contribution is -2.31. The number of aryl methyl sites for hydroxylation is 1. The Morgan fingerprint density at radius 2 is 1.96 bits per heavy atom. The molecule has 0 atom stereocenters. The summed E-state index contributed by atoms with van der Waals surface area (Å²) in [6.45, 7) is 6.64. The van der Waals surface area contributed by atoms with Crippen molar-refractivity contribution in [2.45, 2.75) is 32.9 Å². The van der Waals surface area contributed by atoms with E-state index >= 15 is 0 Å². The summed E-state index contributed by atoms with van der Waals surface area (Å²) in [7, 11) is 0. The highest BCUT2D eigenvalue weighted by atomic mass is 35.5. The first-order valence-electron chi connectivity index (χ1n) is 8.27. The molecule has 3 rings (SSSR count). The largest absolute Gasteiger partial charge is 0.325 e. The van der Waals surface area contributed by atoms with Gasteiger partial charge in [0.1, 0.15) is 0 Å². The normalized spacial score (nSPS) is 15.8. The summed E-state index contributed by atoms with van der Waals surface area (Å²) in [5, 5.41) is 0.709. The number of benzene rings is 1. The quantitative estimate of drug-likeness (QED) is 0.711. The summed E-state index contributed by atoms with van der Waals surface area (Å²) in [6, 6.07) is 3.93. The van der Waals surface area contributed by atoms with Gasteiger partial charge in [-0.3, -0.25) is 9.48 Å². The Hall–Kier alpha value is -1.29. The number of nitrogens with zero attached hydrogens (tertiary/aromatic N) is 3. The van der Waals surface area contributed by atoms with Crippen molar-refractivity contribution in [2.24, 2.45) is 4.99 Å². The van der Waals surface area contributed by atoms with Gasteiger partial charge in [0, 0.05) is 18.1 Å². The molecule has 1 aliphatic rings. The van der Waals surface area contributed by atoms with E-state index in [4.69, 9.17) is 16.6 Å². The monoisotopic (exact) mass is 395 g/mol. The van der Waals surface area contributed by atoms with Crippen LogP contribution in [-0.2, 0) is 13.1 Å². The van der Waals surface area contributed by atoms with Gasteiger partial charge in [0.15, 0.2) is 0 Å². The lowest BCUT2D eigenvalue weighted by molar-refractivity contribution is 0.345. The van der Waals surface area contributed by atoms with E-state index < -0.39 is 6.89 Å². The van der Waals surface area contributed by atoms with Crippen LogP contribution in [0.25, 0.3) is 6.08 Å². The van der Waals surface area contributed by atoms with Crippen LogP contribution < -0.4 is 9.67 Å². The van der Waals surface area contributed by atoms with Crippen LogP contribution >= 0.6 is 29.8 Å². The second-order valence-corrected chi connectivity index (χ2v) is 12.2. The van der Waals surface area contributed by atoms with Crippen molar-refractivity contribution in [1.29, 1.82) is 0 Å². The van der Waals surface area contributed by atoms with Gasteiger partial charge in [0.25, 0.3) is 0 Å². The third kappa shape index (κ3) is 4.28. The van der Waals surface area contributed by atoms with Crippen molar-refractivity contribution in [3.05, 3.63) is 48.6 Å². The summed E-state index contributed by atoms with van der Waals surface area (Å²) in [5.41, 5.74) is 2.79. The number of hydrogen-bond donors (Lipinski definition) is 0. The Morgan fingerprint density at radius 1 is 1.28 bits per heavy atom. The van der Waals surface area contributed by atoms with Gasteiger partial charge in [-0.15, -0.1) is 0 Å². The molecular formula is C18H23ClN3OPS. The van der Waals surface area contributed by atoms with Crippen LogP contribution in [0.2, 0.25) is 5.02 Å². The third-order valence-corrected chi connectivity index (χ3v) is 6.23. The Morgan fingerprint density at radius 3 is 2.64 bits per heavy atom. The van der Waals surface area contributed by atoms with Gasteiger partial charge in [-0.05, 0) is 67.7 Å². The molecule has 1 aromatic heterocycles. The fraction of sp³-hybridized carbons (Fsp3) is 0.389. The fourth-order valence-corrected chi connectivity index (χ4v) is 4.46. The van der Waals surface area contributed by atoms with Crippen molar-refractivity contribution < 1.29 is 0 Å². The minimum Gasteiger partial charge on any atom is -0.256 e. The van der Waals surface area contributed by atoms with Crippen molar-refractivity contribution in [3.63, 3.8) is 0 Å². The standard InChI is InChI=1S/C18H23ClN3OPS/c1-13-11-15(19)14(7-10-24(2,3)4)12-16(13)20-17-21-8-5-6-9-22(21)18(23)25-17/h7,10-12H,2,5-6,8-9H2,1,3-4H3. The molecule has 0 fully saturated rings. The molecule has 0 unspecified atom stereocenters. The van der Waals surface area contributed by atoms with Crippen LogP contribution in [0, 0.1) is 6.92 Å². The predicted octanol–water partition coefficient (Wildman–Crippen LogP) is 4.38. The maximum atomic E-state index is 12.2. The zero-order valence-electron chi connectivity index (χ0n) is 14.8. The fourth-order valence-electron chi connectivity index (χ4n) is 2.73. The molecule has 0 radical (unpaired) electrons. The SMILES string of the molecule is C=P(C)(C)C=Cc1cc(N=c2sc(=O)n3n2CCCC3)c(C)cc1Cl. The molecule has 2 heterocycles. The average molecular weight is 396 g/mol. The molecule has 25 heavy (non-hydrogen) atoms. The van der Waals surface area contributed by atoms with Gasteiger partial charge in [-0.25, -0.2) is 9.67 Å². The van der Waals surface area contributed by atoms with Crippen LogP contribution in [0.1, 0.15) is 24.0 Å². The van der Waals surface area contributed by atoms with Gasteiger partial charge >= 0.3 is 4.87 Å². The molecule has 134 valence electrons. The van der Waals surface area contributed by atoms with Crippen molar-refractivity contribution >= 4 is 47.9 Å². The number of fused-ring (bicyclic) bond motifs is 1. The maximum absolute atomic E-state index is 12.2. The first-order chi connectivity index (χ1) is 11.7. The first kappa shape index (κ1) is 18.5. The number of halogens is 1. The second kappa shape index (κ2) is 7.14. The molecule has 1 aromatic carbocycles. The van der Waals surface area contributed by atoms with E-state index in [2.05, 4.69) is 25.4 Å². The molecule has 4 nitrogen and oxygen atoms in total. The molecule has 0 N–H and O–H groups in total. The van der Waals surface area contributed by atoms with Gasteiger partial charge in [0.05, 0.1) is 5.69 Å². The van der Waals surface area contributed by atoms with Crippen molar-refractivity contribution in [3.8, 4) is 0 Å². The highest BCUT2D eigenvalue weighted by molar-refractivity contribution is 7.75. The van der Waals surface area contributed by atoms with E-state index in [1.165, 1.54) is 11.3 Å². The minimum absolute atomic E-state index is 0.0637. The molecule has 1 aliphatic heterocycles. The molecule has 0 amide bonds. The van der Waals surface area contributed by atoms with Gasteiger partial charge in [0.2, 0.25) is 4.80 Å². The van der Waals surface area contributed by atoms with Gasteiger partial charge < -0.3 is 0 Å². The third-order valence-electron chi connectivity index (χ3n) is 4.08. The minimum atomic E-state index is -1.27. The molecule has 0 saturated carbocycles. The van der Waals surface area contributed by atoms with Crippen molar-refractivity contribution in [2.75, 3.05) is 13.3 Å². The summed E-state index contributed by atoms with van der Waals surface area (Å²) >= 11 is 7.60. The van der Waals surface area contributed by atoms with Crippen LogP contribution in [-0.4, -0.2) is 29.0 Å². The van der Waals surface area contributed by atoms with Gasteiger partial charge in [-0.1, -0.05) is 36.7 Å². The Kier molecular flexibility index (Phi) is 5.29. The highest BCUT2D eigenvalue weighted by Crippen LogP contribution is 2.38. The van der Waals surface area contributed by atoms with Crippen LogP contribution in [0.15, 0.2) is 27.7 Å². The topological polar surface area (TPSA) is 39.3 Å². The highest BCUT2D eigenvalue weighted by Gasteiger charge is 2.13. The molecule has 2 aromatic rings. The zero-order chi connectivity index (χ0) is 18.2. The van der Waals surface area contributed by atoms with Crippen LogP contribution in [0.3, 0.4) is 0 Å². The van der Waals surface area contributed by atoms with E-state index in [1.807, 2.05) is 29.8 Å². The number of hydrogen-bond acceptors (Lipinski definition) is 3. The average Bonchev–Trinajstić information content (AvgIpc) is 2.85. The van der Waals surface area contributed by atoms with E-state index in [9.17, 15) is 4.79 Å². The van der Waals surface area contributed by atoms with E-state index in [-0.39, 0.29) is 4.87 Å². The molecule has 0 bridgehead atoms. The van der Waals surface area contributed by atoms with E-state index in [0.29, 0.717) is 5.02 Å². The first-order valence-corrected chi connectivity index (χ1v) is 12.4. The van der Waals surface area contributed by atoms with Crippen LogP contribution in [0.5, 0.6) is 0 Å². The molecule has 0 aliphatic carbocycles. The van der Waals surface area contributed by atoms with Crippen molar-refractivity contribution in [1.82, 2.24) is 9.36 Å². The lowest BCUT2D eigenvalue weighted by Gasteiger charge is -2.16. The summed E-state index contributed by atoms with van der Waals surface area (Å²) in [5.74, 6) is 2.14. The van der Waals surface area contributed by atoms with Crippen LogP contribution in [0.4, 0.5) is 5.69 Å². The number of rotatable bonds is 3. The predicted molar refractivity (Wildman–Crippen MR) is 112 cm³/mol. The summed E-state index contributed by atoms with van der Waals surface area (Å²) in [4.78, 5) is 17.8. The number of aromatic nitrogens is 2. The summed E-state index contributed by atoms with van der Waals surface area (Å²) < 4.78 is 3.81. The van der Waals surface area contributed by atoms with Gasteiger partial charge in [-0.2, -0.15) is 0 Å². The second-order valence-electron chi connectivity index (χ2n) is 6.97. The molecule has 7 heteroatoms. The Bertz CT molecular complexity index is 1010.